The van der Waals surface area contributed by atoms with Crippen LogP contribution in [-0.4, -0.2) is 50.4 Å². The molecule has 0 fully saturated rings. The molecule has 1 unspecified atom stereocenters. The number of hydrogen-bond acceptors (Lipinski definition) is 7. The Kier molecular flexibility index (Phi) is 11.7. The third-order valence-electron chi connectivity index (χ3n) is 4.70. The molecular formula is C24H26Cl2IN3O6. The zero-order valence-corrected chi connectivity index (χ0v) is 23.7. The highest BCUT2D eigenvalue weighted by Gasteiger charge is 2.25. The number of esters is 1. The van der Waals surface area contributed by atoms with E-state index in [4.69, 9.17) is 37.4 Å². The number of methoxy groups -OCH3 is 1. The second kappa shape index (κ2) is 14.2. The van der Waals surface area contributed by atoms with Crippen molar-refractivity contribution in [2.24, 2.45) is 11.0 Å². The Morgan fingerprint density at radius 2 is 1.86 bits per heavy atom. The van der Waals surface area contributed by atoms with Crippen molar-refractivity contribution < 1.29 is 28.6 Å². The van der Waals surface area contributed by atoms with E-state index in [2.05, 4.69) is 15.8 Å². The van der Waals surface area contributed by atoms with Gasteiger partial charge in [0.05, 0.1) is 33.5 Å². The largest absolute Gasteiger partial charge is 0.493 e. The Morgan fingerprint density at radius 3 is 2.47 bits per heavy atom. The lowest BCUT2D eigenvalue weighted by Crippen LogP contribution is -2.48. The Labute approximate surface area is 233 Å². The minimum atomic E-state index is -0.850. The molecule has 2 amide bonds. The number of carbonyl (C=O) groups excluding carboxylic acids is 3. The summed E-state index contributed by atoms with van der Waals surface area (Å²) in [7, 11) is 1.47. The van der Waals surface area contributed by atoms with Gasteiger partial charge in [0.25, 0.3) is 11.8 Å². The van der Waals surface area contributed by atoms with E-state index in [1.54, 1.807) is 32.9 Å². The summed E-state index contributed by atoms with van der Waals surface area (Å²) in [6.07, 6.45) is 1.43. The standard InChI is InChI=1S/C24H26Cl2IN3O6/c1-5-35-20(31)12-36-22-18(27)8-14(9-19(22)34-4)11-28-30-24(33)21(13(2)3)29-23(32)15-6-7-16(25)17(26)10-15/h6-11,13,21H,5,12H2,1-4H3,(H,29,32)(H,30,33). The van der Waals surface area contributed by atoms with Crippen LogP contribution in [0.1, 0.15) is 36.7 Å². The number of halogens is 3. The molecule has 0 heterocycles. The predicted octanol–water partition coefficient (Wildman–Crippen LogP) is 4.45. The first-order valence-corrected chi connectivity index (χ1v) is 12.7. The number of hydrogen-bond donors (Lipinski definition) is 2. The Hall–Kier alpha value is -2.57. The van der Waals surface area contributed by atoms with Crippen molar-refractivity contribution >= 4 is 69.8 Å². The summed E-state index contributed by atoms with van der Waals surface area (Å²) in [6, 6.07) is 7.00. The summed E-state index contributed by atoms with van der Waals surface area (Å²) in [4.78, 5) is 36.9. The quantitative estimate of drug-likeness (QED) is 0.161. The van der Waals surface area contributed by atoms with Gasteiger partial charge in [0.15, 0.2) is 18.1 Å². The number of amides is 2. The van der Waals surface area contributed by atoms with Crippen LogP contribution in [0, 0.1) is 9.49 Å². The van der Waals surface area contributed by atoms with E-state index in [0.717, 1.165) is 0 Å². The van der Waals surface area contributed by atoms with Gasteiger partial charge in [-0.05, 0) is 71.3 Å². The van der Waals surface area contributed by atoms with Gasteiger partial charge >= 0.3 is 5.97 Å². The maximum Gasteiger partial charge on any atom is 0.344 e. The van der Waals surface area contributed by atoms with E-state index >= 15 is 0 Å². The molecular weight excluding hydrogens is 624 g/mol. The number of nitrogens with one attached hydrogen (secondary N) is 2. The lowest BCUT2D eigenvalue weighted by atomic mass is 10.0. The van der Waals surface area contributed by atoms with Crippen molar-refractivity contribution in [3.8, 4) is 11.5 Å². The predicted molar refractivity (Wildman–Crippen MR) is 146 cm³/mol. The second-order valence-electron chi connectivity index (χ2n) is 7.69. The number of rotatable bonds is 11. The second-order valence-corrected chi connectivity index (χ2v) is 9.66. The molecule has 0 radical (unpaired) electrons. The normalized spacial score (nSPS) is 11.8. The van der Waals surface area contributed by atoms with Gasteiger partial charge < -0.3 is 19.5 Å². The van der Waals surface area contributed by atoms with Crippen LogP contribution in [-0.2, 0) is 14.3 Å². The van der Waals surface area contributed by atoms with Crippen LogP contribution in [0.4, 0.5) is 0 Å². The number of nitrogens with zero attached hydrogens (tertiary/aromatic N) is 1. The molecule has 2 N–H and O–H groups in total. The zero-order chi connectivity index (χ0) is 26.8. The van der Waals surface area contributed by atoms with Crippen molar-refractivity contribution in [1.82, 2.24) is 10.7 Å². The molecule has 0 aliphatic rings. The lowest BCUT2D eigenvalue weighted by molar-refractivity contribution is -0.145. The summed E-state index contributed by atoms with van der Waals surface area (Å²) in [5.41, 5.74) is 3.34. The first-order chi connectivity index (χ1) is 17.1. The van der Waals surface area contributed by atoms with Crippen LogP contribution < -0.4 is 20.2 Å². The van der Waals surface area contributed by atoms with Crippen LogP contribution in [0.2, 0.25) is 10.0 Å². The van der Waals surface area contributed by atoms with E-state index in [1.807, 2.05) is 22.6 Å². The highest BCUT2D eigenvalue weighted by molar-refractivity contribution is 14.1. The maximum atomic E-state index is 12.7. The van der Waals surface area contributed by atoms with Gasteiger partial charge in [-0.15, -0.1) is 0 Å². The summed E-state index contributed by atoms with van der Waals surface area (Å²) in [5, 5.41) is 7.26. The van der Waals surface area contributed by atoms with Crippen LogP contribution in [0.5, 0.6) is 11.5 Å². The molecule has 0 saturated heterocycles. The average Bonchev–Trinajstić information content (AvgIpc) is 2.82. The van der Waals surface area contributed by atoms with Gasteiger partial charge in [0.2, 0.25) is 0 Å². The topological polar surface area (TPSA) is 115 Å². The first-order valence-electron chi connectivity index (χ1n) is 10.8. The van der Waals surface area contributed by atoms with Crippen LogP contribution in [0.3, 0.4) is 0 Å². The van der Waals surface area contributed by atoms with E-state index in [9.17, 15) is 14.4 Å². The average molecular weight is 650 g/mol. The highest BCUT2D eigenvalue weighted by atomic mass is 127. The molecule has 2 aromatic carbocycles. The molecule has 1 atom stereocenters. The minimum Gasteiger partial charge on any atom is -0.493 e. The number of hydrazone groups is 1. The fourth-order valence-corrected chi connectivity index (χ4v) is 4.00. The third kappa shape index (κ3) is 8.52. The fourth-order valence-electron chi connectivity index (χ4n) is 2.93. The molecule has 0 aromatic heterocycles. The molecule has 36 heavy (non-hydrogen) atoms. The van der Waals surface area contributed by atoms with E-state index in [1.165, 1.54) is 31.5 Å². The smallest absolute Gasteiger partial charge is 0.344 e. The summed E-state index contributed by atoms with van der Waals surface area (Å²) in [6.45, 7) is 5.31. The first kappa shape index (κ1) is 29.7. The van der Waals surface area contributed by atoms with Crippen LogP contribution in [0.15, 0.2) is 35.4 Å². The van der Waals surface area contributed by atoms with Crippen molar-refractivity contribution in [3.63, 3.8) is 0 Å². The van der Waals surface area contributed by atoms with Gasteiger partial charge in [-0.25, -0.2) is 10.2 Å². The summed E-state index contributed by atoms with van der Waals surface area (Å²) >= 11 is 13.9. The minimum absolute atomic E-state index is 0.219. The van der Waals surface area contributed by atoms with Gasteiger partial charge in [-0.3, -0.25) is 9.59 Å². The van der Waals surface area contributed by atoms with Crippen molar-refractivity contribution in [3.05, 3.63) is 55.1 Å². The monoisotopic (exact) mass is 649 g/mol. The molecule has 0 spiro atoms. The van der Waals surface area contributed by atoms with Crippen LogP contribution >= 0.6 is 45.8 Å². The van der Waals surface area contributed by atoms with Gasteiger partial charge in [-0.2, -0.15) is 5.10 Å². The zero-order valence-electron chi connectivity index (χ0n) is 20.1. The SMILES string of the molecule is CCOC(=O)COc1c(I)cc(C=NNC(=O)C(NC(=O)c2ccc(Cl)c(Cl)c2)C(C)C)cc1OC. The molecule has 2 rings (SSSR count). The summed E-state index contributed by atoms with van der Waals surface area (Å²) in [5.74, 6) is -0.904. The van der Waals surface area contributed by atoms with Crippen molar-refractivity contribution in [2.75, 3.05) is 20.3 Å². The molecule has 0 aliphatic heterocycles. The van der Waals surface area contributed by atoms with E-state index in [0.29, 0.717) is 25.7 Å². The Morgan fingerprint density at radius 1 is 1.14 bits per heavy atom. The number of benzene rings is 2. The molecule has 0 saturated carbocycles. The molecule has 0 aliphatic carbocycles. The van der Waals surface area contributed by atoms with E-state index in [-0.39, 0.29) is 29.7 Å². The van der Waals surface area contributed by atoms with Gasteiger partial charge in [0.1, 0.15) is 6.04 Å². The fraction of sp³-hybridized carbons (Fsp3) is 0.333. The third-order valence-corrected chi connectivity index (χ3v) is 6.24. The molecule has 0 bridgehead atoms. The van der Waals surface area contributed by atoms with E-state index < -0.39 is 23.8 Å². The number of carbonyl (C=O) groups is 3. The van der Waals surface area contributed by atoms with Gasteiger partial charge in [0, 0.05) is 5.56 Å². The van der Waals surface area contributed by atoms with Crippen LogP contribution in [0.25, 0.3) is 0 Å². The highest BCUT2D eigenvalue weighted by Crippen LogP contribution is 2.33. The maximum absolute atomic E-state index is 12.7. The molecule has 194 valence electrons. The summed E-state index contributed by atoms with van der Waals surface area (Å²) < 4.78 is 16.4. The van der Waals surface area contributed by atoms with Gasteiger partial charge in [-0.1, -0.05) is 37.0 Å². The number of ether oxygens (including phenoxy) is 3. The Bertz CT molecular complexity index is 1140. The lowest BCUT2D eigenvalue weighted by Gasteiger charge is -2.20. The molecule has 12 heteroatoms. The molecule has 2 aromatic rings. The van der Waals surface area contributed by atoms with Crippen molar-refractivity contribution in [1.29, 1.82) is 0 Å². The van der Waals surface area contributed by atoms with Crippen molar-refractivity contribution in [2.45, 2.75) is 26.8 Å². The Balaban J connectivity index is 2.08. The molecule has 9 nitrogen and oxygen atoms in total.